The second kappa shape index (κ2) is 10.5. The Bertz CT molecular complexity index is 1280. The van der Waals surface area contributed by atoms with Crippen LogP contribution in [-0.4, -0.2) is 41.1 Å². The maximum atomic E-state index is 12.3. The van der Waals surface area contributed by atoms with Crippen LogP contribution in [-0.2, 0) is 20.8 Å². The summed E-state index contributed by atoms with van der Waals surface area (Å²) >= 11 is 1.25. The summed E-state index contributed by atoms with van der Waals surface area (Å²) in [5.74, 6) is -2.57. The van der Waals surface area contributed by atoms with E-state index in [-0.39, 0.29) is 11.1 Å². The van der Waals surface area contributed by atoms with Crippen LogP contribution in [0, 0.1) is 17.0 Å². The molecule has 1 amide bonds. The Morgan fingerprint density at radius 1 is 1.09 bits per heavy atom. The predicted octanol–water partition coefficient (Wildman–Crippen LogP) is 2.89. The van der Waals surface area contributed by atoms with Crippen molar-refractivity contribution >= 4 is 34.9 Å². The van der Waals surface area contributed by atoms with Crippen LogP contribution in [0.4, 0.5) is 5.69 Å². The molecule has 170 valence electrons. The molecule has 0 radical (unpaired) electrons. The second-order valence-corrected chi connectivity index (χ2v) is 7.77. The zero-order chi connectivity index (χ0) is 24.0. The molecular weight excluding hydrogens is 450 g/mol. The molecule has 11 heteroatoms. The number of rotatable bonds is 7. The molecule has 0 aliphatic heterocycles. The number of aromatic nitrogens is 1. The summed E-state index contributed by atoms with van der Waals surface area (Å²) in [6.45, 7) is 1.84. The first-order valence-electron chi connectivity index (χ1n) is 9.59. The fraction of sp³-hybridized carbons (Fsp3) is 0.182. The van der Waals surface area contributed by atoms with E-state index >= 15 is 0 Å². The molecule has 2 aromatic carbocycles. The molecule has 0 unspecified atom stereocenters. The molecule has 0 aliphatic rings. The summed E-state index contributed by atoms with van der Waals surface area (Å²) < 4.78 is 11.3. The van der Waals surface area contributed by atoms with Gasteiger partial charge in [0.1, 0.15) is 0 Å². The fourth-order valence-corrected chi connectivity index (χ4v) is 3.56. The standard InChI is InChI=1S/C22H19N3O7S/c1-14-3-5-15(6-4-14)12-24-7-8-33-22(24)23-19(26)13-32-21(28)17-9-16(20(27)31-2)10-18(11-17)25(29)30/h3-11H,12-13H2,1-2H3. The molecular formula is C22H19N3O7S. The van der Waals surface area contributed by atoms with Crippen LogP contribution in [0.1, 0.15) is 31.8 Å². The van der Waals surface area contributed by atoms with Gasteiger partial charge in [-0.05, 0) is 18.6 Å². The number of thiazole rings is 1. The zero-order valence-electron chi connectivity index (χ0n) is 17.7. The molecule has 33 heavy (non-hydrogen) atoms. The molecule has 0 saturated carbocycles. The van der Waals surface area contributed by atoms with E-state index in [0.717, 1.165) is 36.4 Å². The highest BCUT2D eigenvalue weighted by atomic mass is 32.1. The Morgan fingerprint density at radius 3 is 2.39 bits per heavy atom. The molecule has 1 aromatic heterocycles. The van der Waals surface area contributed by atoms with E-state index in [2.05, 4.69) is 9.73 Å². The number of aryl methyl sites for hydroxylation is 1. The quantitative estimate of drug-likeness (QED) is 0.295. The summed E-state index contributed by atoms with van der Waals surface area (Å²) in [6.07, 6.45) is 1.79. The number of benzene rings is 2. The first kappa shape index (κ1) is 23.5. The highest BCUT2D eigenvalue weighted by molar-refractivity contribution is 7.07. The predicted molar refractivity (Wildman–Crippen MR) is 118 cm³/mol. The number of esters is 2. The number of carbonyl (C=O) groups is 3. The summed E-state index contributed by atoms with van der Waals surface area (Å²) in [5, 5.41) is 12.9. The maximum Gasteiger partial charge on any atom is 0.338 e. The number of hydrogen-bond acceptors (Lipinski definition) is 8. The summed E-state index contributed by atoms with van der Waals surface area (Å²) in [7, 11) is 1.11. The molecule has 0 atom stereocenters. The third-order valence-corrected chi connectivity index (χ3v) is 5.26. The van der Waals surface area contributed by atoms with E-state index in [1.807, 2.05) is 31.2 Å². The third-order valence-electron chi connectivity index (χ3n) is 4.47. The Labute approximate surface area is 191 Å². The molecule has 3 rings (SSSR count). The SMILES string of the molecule is COC(=O)c1cc(C(=O)OCC(=O)N=c2sccn2Cc2ccc(C)cc2)cc([N+](=O)[O-])c1. The normalized spacial score (nSPS) is 11.2. The van der Waals surface area contributed by atoms with Gasteiger partial charge in [-0.1, -0.05) is 29.8 Å². The van der Waals surface area contributed by atoms with Crippen LogP contribution in [0.15, 0.2) is 59.0 Å². The lowest BCUT2D eigenvalue weighted by Crippen LogP contribution is -2.20. The number of ether oxygens (including phenoxy) is 2. The van der Waals surface area contributed by atoms with Gasteiger partial charge in [-0.2, -0.15) is 4.99 Å². The molecule has 10 nitrogen and oxygen atoms in total. The maximum absolute atomic E-state index is 12.3. The Balaban J connectivity index is 1.71. The van der Waals surface area contributed by atoms with E-state index in [1.165, 1.54) is 11.3 Å². The van der Waals surface area contributed by atoms with Crippen LogP contribution in [0.2, 0.25) is 0 Å². The van der Waals surface area contributed by atoms with Gasteiger partial charge in [-0.3, -0.25) is 14.9 Å². The van der Waals surface area contributed by atoms with Gasteiger partial charge in [-0.15, -0.1) is 11.3 Å². The van der Waals surface area contributed by atoms with E-state index in [4.69, 9.17) is 4.74 Å². The van der Waals surface area contributed by atoms with Gasteiger partial charge in [0.2, 0.25) is 0 Å². The molecule has 3 aromatic rings. The van der Waals surface area contributed by atoms with Gasteiger partial charge in [0, 0.05) is 30.3 Å². The fourth-order valence-electron chi connectivity index (χ4n) is 2.82. The number of nitro groups is 1. The van der Waals surface area contributed by atoms with Gasteiger partial charge < -0.3 is 14.0 Å². The van der Waals surface area contributed by atoms with Crippen molar-refractivity contribution in [2.45, 2.75) is 13.5 Å². The average Bonchev–Trinajstić information content (AvgIpc) is 3.24. The lowest BCUT2D eigenvalue weighted by molar-refractivity contribution is -0.384. The first-order chi connectivity index (χ1) is 15.8. The first-order valence-corrected chi connectivity index (χ1v) is 10.5. The minimum atomic E-state index is -1.01. The van der Waals surface area contributed by atoms with Crippen molar-refractivity contribution in [3.05, 3.63) is 91.2 Å². The number of amides is 1. The van der Waals surface area contributed by atoms with E-state index < -0.39 is 35.1 Å². The smallest absolute Gasteiger partial charge is 0.338 e. The highest BCUT2D eigenvalue weighted by Gasteiger charge is 2.20. The minimum Gasteiger partial charge on any atom is -0.465 e. The molecule has 0 saturated heterocycles. The third kappa shape index (κ3) is 6.20. The largest absolute Gasteiger partial charge is 0.465 e. The lowest BCUT2D eigenvalue weighted by Gasteiger charge is -2.05. The van der Waals surface area contributed by atoms with Crippen LogP contribution in [0.25, 0.3) is 0 Å². The van der Waals surface area contributed by atoms with Crippen LogP contribution in [0.5, 0.6) is 0 Å². The average molecular weight is 469 g/mol. The van der Waals surface area contributed by atoms with Crippen molar-refractivity contribution in [1.29, 1.82) is 0 Å². The van der Waals surface area contributed by atoms with E-state index in [9.17, 15) is 24.5 Å². The van der Waals surface area contributed by atoms with Gasteiger partial charge in [0.15, 0.2) is 11.4 Å². The number of methoxy groups -OCH3 is 1. The topological polar surface area (TPSA) is 130 Å². The van der Waals surface area contributed by atoms with Crippen molar-refractivity contribution in [2.24, 2.45) is 4.99 Å². The molecule has 0 aliphatic carbocycles. The van der Waals surface area contributed by atoms with Crippen LogP contribution < -0.4 is 4.80 Å². The van der Waals surface area contributed by atoms with Gasteiger partial charge in [-0.25, -0.2) is 9.59 Å². The van der Waals surface area contributed by atoms with Crippen molar-refractivity contribution in [1.82, 2.24) is 4.57 Å². The zero-order valence-corrected chi connectivity index (χ0v) is 18.5. The number of non-ortho nitro benzene ring substituents is 1. The number of carbonyl (C=O) groups excluding carboxylic acids is 3. The monoisotopic (exact) mass is 469 g/mol. The van der Waals surface area contributed by atoms with Crippen LogP contribution in [0.3, 0.4) is 0 Å². The molecule has 0 fully saturated rings. The molecule has 0 bridgehead atoms. The van der Waals surface area contributed by atoms with Crippen molar-refractivity contribution < 1.29 is 28.8 Å². The van der Waals surface area contributed by atoms with Gasteiger partial charge in [0.05, 0.1) is 23.2 Å². The van der Waals surface area contributed by atoms with Gasteiger partial charge >= 0.3 is 11.9 Å². The number of nitro benzene ring substituents is 1. The molecule has 0 N–H and O–H groups in total. The van der Waals surface area contributed by atoms with Crippen molar-refractivity contribution in [2.75, 3.05) is 13.7 Å². The van der Waals surface area contributed by atoms with Crippen LogP contribution >= 0.6 is 11.3 Å². The summed E-state index contributed by atoms with van der Waals surface area (Å²) in [4.78, 5) is 51.1. The second-order valence-electron chi connectivity index (χ2n) is 6.90. The molecule has 1 heterocycles. The van der Waals surface area contributed by atoms with E-state index in [0.29, 0.717) is 11.3 Å². The minimum absolute atomic E-state index is 0.189. The van der Waals surface area contributed by atoms with Gasteiger partial charge in [0.25, 0.3) is 11.6 Å². The summed E-state index contributed by atoms with van der Waals surface area (Å²) in [5.41, 5.74) is 1.23. The van der Waals surface area contributed by atoms with Crippen molar-refractivity contribution in [3.8, 4) is 0 Å². The lowest BCUT2D eigenvalue weighted by atomic mass is 10.1. The Kier molecular flexibility index (Phi) is 7.46. The Morgan fingerprint density at radius 2 is 1.76 bits per heavy atom. The molecule has 0 spiro atoms. The Hall–Kier alpha value is -4.12. The summed E-state index contributed by atoms with van der Waals surface area (Å²) in [6, 6.07) is 11.0. The highest BCUT2D eigenvalue weighted by Crippen LogP contribution is 2.19. The van der Waals surface area contributed by atoms with E-state index in [1.54, 1.807) is 16.1 Å². The number of hydrogen-bond donors (Lipinski definition) is 0. The van der Waals surface area contributed by atoms with Crippen molar-refractivity contribution in [3.63, 3.8) is 0 Å². The number of nitrogens with zero attached hydrogens (tertiary/aromatic N) is 3.